The lowest BCUT2D eigenvalue weighted by Crippen LogP contribution is -2.46. The summed E-state index contributed by atoms with van der Waals surface area (Å²) < 4.78 is 5.29. The van der Waals surface area contributed by atoms with Crippen LogP contribution in [0.4, 0.5) is 4.79 Å². The first-order chi connectivity index (χ1) is 6.68. The Bertz CT molecular complexity index is 267. The van der Waals surface area contributed by atoms with Gasteiger partial charge >= 0.3 is 6.03 Å². The number of carbonyl (C=O) groups excluding carboxylic acids is 2. The van der Waals surface area contributed by atoms with Gasteiger partial charge in [0.25, 0.3) is 0 Å². The highest BCUT2D eigenvalue weighted by molar-refractivity contribution is 6.02. The van der Waals surface area contributed by atoms with Crippen LogP contribution >= 0.6 is 0 Å². The van der Waals surface area contributed by atoms with Gasteiger partial charge in [0.05, 0.1) is 6.61 Å². The smallest absolute Gasteiger partial charge is 0.324 e. The Morgan fingerprint density at radius 2 is 2.29 bits per heavy atom. The van der Waals surface area contributed by atoms with Crippen molar-refractivity contribution in [2.75, 3.05) is 19.8 Å². The van der Waals surface area contributed by atoms with Crippen molar-refractivity contribution in [3.63, 3.8) is 0 Å². The van der Waals surface area contributed by atoms with Gasteiger partial charge in [-0.3, -0.25) is 10.1 Å². The zero-order valence-corrected chi connectivity index (χ0v) is 8.16. The van der Waals surface area contributed by atoms with Crippen LogP contribution in [0.25, 0.3) is 0 Å². The van der Waals surface area contributed by atoms with Crippen molar-refractivity contribution in [1.82, 2.24) is 10.2 Å². The normalized spacial score (nSPS) is 33.4. The van der Waals surface area contributed by atoms with Crippen molar-refractivity contribution >= 4 is 11.9 Å². The van der Waals surface area contributed by atoms with Crippen LogP contribution in [0.3, 0.4) is 0 Å². The number of nitrogens with one attached hydrogen (secondary N) is 1. The van der Waals surface area contributed by atoms with Gasteiger partial charge in [-0.1, -0.05) is 6.92 Å². The molecule has 2 saturated heterocycles. The van der Waals surface area contributed by atoms with E-state index in [1.54, 1.807) is 4.90 Å². The van der Waals surface area contributed by atoms with Gasteiger partial charge in [0.15, 0.2) is 0 Å². The third-order valence-electron chi connectivity index (χ3n) is 2.82. The largest absolute Gasteiger partial charge is 0.381 e. The molecule has 2 heterocycles. The lowest BCUT2D eigenvalue weighted by Gasteiger charge is -2.34. The number of amides is 3. The van der Waals surface area contributed by atoms with E-state index in [2.05, 4.69) is 5.32 Å². The van der Waals surface area contributed by atoms with E-state index >= 15 is 0 Å². The van der Waals surface area contributed by atoms with Gasteiger partial charge in [-0.15, -0.1) is 0 Å². The van der Waals surface area contributed by atoms with Crippen LogP contribution in [-0.4, -0.2) is 42.6 Å². The summed E-state index contributed by atoms with van der Waals surface area (Å²) in [5.41, 5.74) is 0. The second kappa shape index (κ2) is 3.57. The molecule has 0 spiro atoms. The summed E-state index contributed by atoms with van der Waals surface area (Å²) in [6.07, 6.45) is 0.821. The molecule has 2 aliphatic heterocycles. The number of ether oxygens (including phenoxy) is 1. The Labute approximate surface area is 82.4 Å². The minimum Gasteiger partial charge on any atom is -0.381 e. The molecule has 3 amide bonds. The molecule has 0 aliphatic carbocycles. The van der Waals surface area contributed by atoms with E-state index in [1.807, 2.05) is 6.92 Å². The predicted molar refractivity (Wildman–Crippen MR) is 48.6 cm³/mol. The van der Waals surface area contributed by atoms with Crippen molar-refractivity contribution in [2.24, 2.45) is 5.92 Å². The lowest BCUT2D eigenvalue weighted by molar-refractivity contribution is -0.118. The average Bonchev–Trinajstić information content (AvgIpc) is 2.46. The first-order valence-electron chi connectivity index (χ1n) is 4.86. The molecule has 0 saturated carbocycles. The topological polar surface area (TPSA) is 58.6 Å². The summed E-state index contributed by atoms with van der Waals surface area (Å²) >= 11 is 0. The molecule has 14 heavy (non-hydrogen) atoms. The van der Waals surface area contributed by atoms with Crippen molar-refractivity contribution in [3.8, 4) is 0 Å². The average molecular weight is 198 g/mol. The second-order valence-electron chi connectivity index (χ2n) is 3.89. The number of imide groups is 1. The molecule has 2 aliphatic rings. The zero-order valence-electron chi connectivity index (χ0n) is 8.16. The third kappa shape index (κ3) is 1.59. The SMILES string of the molecule is CC1COCCC1N1CC(=O)NC1=O. The first kappa shape index (κ1) is 9.45. The van der Waals surface area contributed by atoms with Crippen LogP contribution in [0.15, 0.2) is 0 Å². The molecule has 2 rings (SSSR count). The second-order valence-corrected chi connectivity index (χ2v) is 3.89. The molecule has 1 N–H and O–H groups in total. The molecule has 2 unspecified atom stereocenters. The Balaban J connectivity index is 2.06. The summed E-state index contributed by atoms with van der Waals surface area (Å²) in [5.74, 6) is 0.106. The maximum absolute atomic E-state index is 11.4. The van der Waals surface area contributed by atoms with Gasteiger partial charge in [-0.05, 0) is 6.42 Å². The molecule has 78 valence electrons. The molecule has 2 fully saturated rings. The highest BCUT2D eigenvalue weighted by Crippen LogP contribution is 2.21. The van der Waals surface area contributed by atoms with E-state index in [0.29, 0.717) is 19.1 Å². The minimum atomic E-state index is -0.256. The first-order valence-corrected chi connectivity index (χ1v) is 4.86. The summed E-state index contributed by atoms with van der Waals surface area (Å²) in [7, 11) is 0. The molecule has 2 atom stereocenters. The summed E-state index contributed by atoms with van der Waals surface area (Å²) in [6, 6.07) is -0.107. The van der Waals surface area contributed by atoms with Gasteiger partial charge in [-0.25, -0.2) is 4.79 Å². The predicted octanol–water partition coefficient (Wildman–Crippen LogP) is -0.0368. The van der Waals surface area contributed by atoms with Crippen LogP contribution in [-0.2, 0) is 9.53 Å². The standard InChI is InChI=1S/C9H14N2O3/c1-6-5-14-3-2-7(6)11-4-8(12)10-9(11)13/h6-7H,2-5H2,1H3,(H,10,12,13). The third-order valence-corrected chi connectivity index (χ3v) is 2.82. The lowest BCUT2D eigenvalue weighted by atomic mass is 9.96. The van der Waals surface area contributed by atoms with E-state index in [-0.39, 0.29) is 24.5 Å². The number of carbonyl (C=O) groups is 2. The fourth-order valence-electron chi connectivity index (χ4n) is 2.06. The van der Waals surface area contributed by atoms with E-state index in [9.17, 15) is 9.59 Å². The molecule has 5 heteroatoms. The maximum atomic E-state index is 11.4. The Kier molecular flexibility index (Phi) is 2.41. The van der Waals surface area contributed by atoms with Gasteiger partial charge < -0.3 is 9.64 Å². The van der Waals surface area contributed by atoms with Gasteiger partial charge in [0, 0.05) is 18.6 Å². The number of urea groups is 1. The molecular weight excluding hydrogens is 184 g/mol. The van der Waals surface area contributed by atoms with E-state index in [1.165, 1.54) is 0 Å². The van der Waals surface area contributed by atoms with Crippen molar-refractivity contribution in [3.05, 3.63) is 0 Å². The fraction of sp³-hybridized carbons (Fsp3) is 0.778. The quantitative estimate of drug-likeness (QED) is 0.601. The Morgan fingerprint density at radius 3 is 2.86 bits per heavy atom. The number of hydrogen-bond donors (Lipinski definition) is 1. The van der Waals surface area contributed by atoms with Crippen molar-refractivity contribution < 1.29 is 14.3 Å². The van der Waals surface area contributed by atoms with Crippen molar-refractivity contribution in [1.29, 1.82) is 0 Å². The van der Waals surface area contributed by atoms with Gasteiger partial charge in [0.2, 0.25) is 5.91 Å². The molecule has 0 aromatic rings. The molecule has 5 nitrogen and oxygen atoms in total. The summed E-state index contributed by atoms with van der Waals surface area (Å²) in [4.78, 5) is 24.0. The van der Waals surface area contributed by atoms with Crippen LogP contribution in [0.1, 0.15) is 13.3 Å². The number of nitrogens with zero attached hydrogens (tertiary/aromatic N) is 1. The molecule has 0 aromatic carbocycles. The van der Waals surface area contributed by atoms with E-state index in [4.69, 9.17) is 4.74 Å². The van der Waals surface area contributed by atoms with E-state index < -0.39 is 0 Å². The maximum Gasteiger partial charge on any atom is 0.324 e. The number of hydrogen-bond acceptors (Lipinski definition) is 3. The molecule has 0 radical (unpaired) electrons. The molecule has 0 aromatic heterocycles. The van der Waals surface area contributed by atoms with Crippen LogP contribution in [0.2, 0.25) is 0 Å². The zero-order chi connectivity index (χ0) is 10.1. The van der Waals surface area contributed by atoms with Gasteiger partial charge in [-0.2, -0.15) is 0 Å². The summed E-state index contributed by atoms with van der Waals surface area (Å²) in [6.45, 7) is 3.59. The van der Waals surface area contributed by atoms with E-state index in [0.717, 1.165) is 6.42 Å². The number of rotatable bonds is 1. The monoisotopic (exact) mass is 198 g/mol. The molecular formula is C9H14N2O3. The molecule has 0 bridgehead atoms. The Morgan fingerprint density at radius 1 is 1.50 bits per heavy atom. The van der Waals surface area contributed by atoms with Gasteiger partial charge in [0.1, 0.15) is 6.54 Å². The van der Waals surface area contributed by atoms with Crippen LogP contribution in [0, 0.1) is 5.92 Å². The highest BCUT2D eigenvalue weighted by Gasteiger charge is 2.36. The van der Waals surface area contributed by atoms with Crippen LogP contribution < -0.4 is 5.32 Å². The fourth-order valence-corrected chi connectivity index (χ4v) is 2.06. The minimum absolute atomic E-state index is 0.148. The van der Waals surface area contributed by atoms with Crippen molar-refractivity contribution in [2.45, 2.75) is 19.4 Å². The Hall–Kier alpha value is -1.10. The van der Waals surface area contributed by atoms with Crippen LogP contribution in [0.5, 0.6) is 0 Å². The summed E-state index contributed by atoms with van der Waals surface area (Å²) in [5, 5.41) is 2.29. The highest BCUT2D eigenvalue weighted by atomic mass is 16.5.